The Morgan fingerprint density at radius 1 is 0.688 bits per heavy atom. The SMILES string of the molecule is COC(=O)C1=C(C(=O)OC)C2(OC(=NC3CCCCC3)C1=NC1CCCCC1)C(=O)C(c1ccc(OC)cc1)=C2c1ccc(OC)cc1. The number of aliphatic imine (C=N–C) groups is 2. The molecule has 3 aliphatic carbocycles. The van der Waals surface area contributed by atoms with Crippen molar-refractivity contribution in [2.45, 2.75) is 81.9 Å². The number of Topliss-reactive ketones (excluding diaryl/α,β-unsaturated/α-hetero) is 1. The lowest BCUT2D eigenvalue weighted by molar-refractivity contribution is -0.142. The summed E-state index contributed by atoms with van der Waals surface area (Å²) in [5.74, 6) is -0.910. The molecule has 48 heavy (non-hydrogen) atoms. The molecule has 0 N–H and O–H groups in total. The predicted octanol–water partition coefficient (Wildman–Crippen LogP) is 6.11. The first kappa shape index (κ1) is 33.2. The summed E-state index contributed by atoms with van der Waals surface area (Å²) in [6.07, 6.45) is 9.55. The molecule has 0 bridgehead atoms. The van der Waals surface area contributed by atoms with Crippen molar-refractivity contribution < 1.29 is 38.1 Å². The molecule has 4 aliphatic rings. The molecule has 2 aromatic rings. The van der Waals surface area contributed by atoms with Crippen LogP contribution in [0.2, 0.25) is 0 Å². The van der Waals surface area contributed by atoms with E-state index in [1.807, 2.05) is 0 Å². The summed E-state index contributed by atoms with van der Waals surface area (Å²) in [5, 5.41) is 0. The van der Waals surface area contributed by atoms with Crippen LogP contribution in [0, 0.1) is 0 Å². The number of benzene rings is 2. The fourth-order valence-electron chi connectivity index (χ4n) is 7.26. The Labute approximate surface area is 280 Å². The molecule has 1 heterocycles. The minimum atomic E-state index is -2.06. The smallest absolute Gasteiger partial charge is 0.340 e. The normalized spacial score (nSPS) is 23.6. The number of esters is 2. The molecular weight excluding hydrogens is 612 g/mol. The van der Waals surface area contributed by atoms with Gasteiger partial charge in [0.15, 0.2) is 0 Å². The maximum absolute atomic E-state index is 14.9. The van der Waals surface area contributed by atoms with E-state index in [0.717, 1.165) is 64.2 Å². The van der Waals surface area contributed by atoms with Crippen LogP contribution in [0.5, 0.6) is 11.5 Å². The number of hydrogen-bond acceptors (Lipinski definition) is 10. The fraction of sp³-hybridized carbons (Fsp3) is 0.447. The van der Waals surface area contributed by atoms with E-state index in [2.05, 4.69) is 0 Å². The highest BCUT2D eigenvalue weighted by molar-refractivity contribution is 6.57. The fourth-order valence-corrected chi connectivity index (χ4v) is 7.26. The van der Waals surface area contributed by atoms with Crippen LogP contribution in [-0.4, -0.2) is 75.5 Å². The molecule has 2 aromatic carbocycles. The van der Waals surface area contributed by atoms with Crippen molar-refractivity contribution in [3.05, 3.63) is 70.8 Å². The van der Waals surface area contributed by atoms with E-state index >= 15 is 0 Å². The van der Waals surface area contributed by atoms with Crippen LogP contribution in [0.1, 0.15) is 75.3 Å². The van der Waals surface area contributed by atoms with Crippen LogP contribution < -0.4 is 9.47 Å². The van der Waals surface area contributed by atoms with Crippen molar-refractivity contribution in [3.8, 4) is 11.5 Å². The zero-order chi connectivity index (χ0) is 33.8. The minimum Gasteiger partial charge on any atom is -0.497 e. The number of hydrogen-bond donors (Lipinski definition) is 0. The first-order chi connectivity index (χ1) is 23.4. The monoisotopic (exact) mass is 654 g/mol. The Kier molecular flexibility index (Phi) is 9.80. The van der Waals surface area contributed by atoms with E-state index in [9.17, 15) is 14.4 Å². The lowest BCUT2D eigenvalue weighted by Crippen LogP contribution is -2.60. The van der Waals surface area contributed by atoms with Crippen molar-refractivity contribution in [1.82, 2.24) is 0 Å². The average molecular weight is 655 g/mol. The van der Waals surface area contributed by atoms with Crippen LogP contribution in [0.3, 0.4) is 0 Å². The summed E-state index contributed by atoms with van der Waals surface area (Å²) in [7, 11) is 5.59. The Morgan fingerprint density at radius 3 is 1.69 bits per heavy atom. The molecule has 10 nitrogen and oxygen atoms in total. The highest BCUT2D eigenvalue weighted by Gasteiger charge is 2.66. The van der Waals surface area contributed by atoms with Crippen LogP contribution in [0.4, 0.5) is 0 Å². The molecule has 0 saturated heterocycles. The standard InChI is InChI=1S/C38H42N2O8/c1-44-27-19-15-23(16-20-27)29-31(24-17-21-28(45-2)22-18-24)38(34(29)41)32(37(43)47-4)30(36(42)46-3)33(39-25-11-7-5-8-12-25)35(48-38)40-26-13-9-6-10-14-26/h15-22,25-26H,5-14H2,1-4H3. The molecule has 10 heteroatoms. The third-order valence-corrected chi connectivity index (χ3v) is 9.74. The maximum atomic E-state index is 14.9. The van der Waals surface area contributed by atoms with Gasteiger partial charge in [-0.25, -0.2) is 14.6 Å². The average Bonchev–Trinajstić information content (AvgIpc) is 3.14. The van der Waals surface area contributed by atoms with Crippen LogP contribution in [0.25, 0.3) is 11.1 Å². The van der Waals surface area contributed by atoms with Gasteiger partial charge in [0.25, 0.3) is 0 Å². The van der Waals surface area contributed by atoms with Crippen molar-refractivity contribution in [2.24, 2.45) is 9.98 Å². The number of carbonyl (C=O) groups is 3. The van der Waals surface area contributed by atoms with Crippen molar-refractivity contribution in [1.29, 1.82) is 0 Å². The summed E-state index contributed by atoms with van der Waals surface area (Å²) >= 11 is 0. The van der Waals surface area contributed by atoms with Crippen molar-refractivity contribution >= 4 is 40.5 Å². The summed E-state index contributed by atoms with van der Waals surface area (Å²) in [6.45, 7) is 0. The zero-order valence-corrected chi connectivity index (χ0v) is 28.0. The van der Waals surface area contributed by atoms with Crippen LogP contribution in [0.15, 0.2) is 69.7 Å². The second-order valence-corrected chi connectivity index (χ2v) is 12.5. The van der Waals surface area contributed by atoms with Gasteiger partial charge in [-0.3, -0.25) is 9.79 Å². The Bertz CT molecular complexity index is 1690. The van der Waals surface area contributed by atoms with E-state index in [1.54, 1.807) is 62.8 Å². The first-order valence-corrected chi connectivity index (χ1v) is 16.7. The third-order valence-electron chi connectivity index (χ3n) is 9.74. The molecule has 252 valence electrons. The highest BCUT2D eigenvalue weighted by atomic mass is 16.5. The van der Waals surface area contributed by atoms with E-state index in [4.69, 9.17) is 33.7 Å². The number of methoxy groups -OCH3 is 4. The van der Waals surface area contributed by atoms with Crippen molar-refractivity contribution in [3.63, 3.8) is 0 Å². The van der Waals surface area contributed by atoms with E-state index in [0.29, 0.717) is 33.8 Å². The Hall–Kier alpha value is -4.73. The molecule has 0 radical (unpaired) electrons. The molecule has 1 aliphatic heterocycles. The van der Waals surface area contributed by atoms with Gasteiger partial charge in [0.05, 0.1) is 40.5 Å². The largest absolute Gasteiger partial charge is 0.497 e. The summed E-state index contributed by atoms with van der Waals surface area (Å²) in [4.78, 5) is 53.0. The number of rotatable bonds is 8. The lowest BCUT2D eigenvalue weighted by Gasteiger charge is -2.47. The van der Waals surface area contributed by atoms with Crippen LogP contribution in [-0.2, 0) is 28.6 Å². The Morgan fingerprint density at radius 2 is 1.19 bits per heavy atom. The summed E-state index contributed by atoms with van der Waals surface area (Å²) < 4.78 is 28.3. The van der Waals surface area contributed by atoms with Gasteiger partial charge in [-0.2, -0.15) is 0 Å². The van der Waals surface area contributed by atoms with Crippen molar-refractivity contribution in [2.75, 3.05) is 28.4 Å². The Balaban J connectivity index is 1.67. The second kappa shape index (κ2) is 14.2. The van der Waals surface area contributed by atoms with Gasteiger partial charge in [0, 0.05) is 11.1 Å². The van der Waals surface area contributed by atoms with Gasteiger partial charge in [-0.15, -0.1) is 0 Å². The minimum absolute atomic E-state index is 0.0775. The molecule has 0 aromatic heterocycles. The molecule has 1 spiro atoms. The first-order valence-electron chi connectivity index (χ1n) is 16.7. The van der Waals surface area contributed by atoms with Gasteiger partial charge >= 0.3 is 11.9 Å². The molecule has 6 rings (SSSR count). The molecule has 2 saturated carbocycles. The van der Waals surface area contributed by atoms with Crippen LogP contribution >= 0.6 is 0 Å². The molecule has 0 amide bonds. The van der Waals surface area contributed by atoms with Gasteiger partial charge in [0.2, 0.25) is 17.3 Å². The maximum Gasteiger partial charge on any atom is 0.340 e. The molecule has 1 atom stereocenters. The van der Waals surface area contributed by atoms with Gasteiger partial charge < -0.3 is 23.7 Å². The second-order valence-electron chi connectivity index (χ2n) is 12.5. The molecule has 1 unspecified atom stereocenters. The third kappa shape index (κ3) is 5.93. The number of ether oxygens (including phenoxy) is 5. The van der Waals surface area contributed by atoms with Gasteiger partial charge in [0.1, 0.15) is 28.4 Å². The zero-order valence-electron chi connectivity index (χ0n) is 28.0. The van der Waals surface area contributed by atoms with E-state index in [1.165, 1.54) is 14.2 Å². The summed E-state index contributed by atoms with van der Waals surface area (Å²) in [6, 6.07) is 14.0. The molecular formula is C38H42N2O8. The lowest BCUT2D eigenvalue weighted by atomic mass is 9.61. The quantitative estimate of drug-likeness (QED) is 0.313. The predicted molar refractivity (Wildman–Crippen MR) is 181 cm³/mol. The van der Waals surface area contributed by atoms with E-state index < -0.39 is 23.3 Å². The van der Waals surface area contributed by atoms with Gasteiger partial charge in [-0.1, -0.05) is 62.8 Å². The summed E-state index contributed by atoms with van der Waals surface area (Å²) in [5.41, 5.74) is -0.405. The van der Waals surface area contributed by atoms with Gasteiger partial charge in [-0.05, 0) is 61.1 Å². The number of nitrogens with zero attached hydrogens (tertiary/aromatic N) is 2. The number of ketones is 1. The number of carbonyl (C=O) groups excluding carboxylic acids is 3. The van der Waals surface area contributed by atoms with E-state index in [-0.39, 0.29) is 34.8 Å². The highest BCUT2D eigenvalue weighted by Crippen LogP contribution is 2.56. The molecule has 2 fully saturated rings. The topological polar surface area (TPSA) is 122 Å².